The van der Waals surface area contributed by atoms with Crippen LogP contribution in [0.2, 0.25) is 0 Å². The second-order valence-electron chi connectivity index (χ2n) is 6.69. The average Bonchev–Trinajstić information content (AvgIpc) is 2.91. The van der Waals surface area contributed by atoms with Gasteiger partial charge in [-0.3, -0.25) is 4.79 Å². The number of fused-ring (bicyclic) bond motifs is 1. The number of aliphatic hydroxyl groups excluding tert-OH is 1. The Balaban J connectivity index is 2.13. The van der Waals surface area contributed by atoms with E-state index in [-0.39, 0.29) is 22.0 Å². The monoisotopic (exact) mass is 309 g/mol. The van der Waals surface area contributed by atoms with Crippen LogP contribution in [0.25, 0.3) is 22.7 Å². The molecule has 0 aliphatic heterocycles. The lowest BCUT2D eigenvalue weighted by Gasteiger charge is -2.18. The highest BCUT2D eigenvalue weighted by Crippen LogP contribution is 2.25. The van der Waals surface area contributed by atoms with Crippen LogP contribution in [-0.4, -0.2) is 19.7 Å². The molecule has 0 unspecified atom stereocenters. The lowest BCUT2D eigenvalue weighted by atomic mass is 9.86. The van der Waals surface area contributed by atoms with Crippen molar-refractivity contribution in [2.24, 2.45) is 0 Å². The highest BCUT2D eigenvalue weighted by molar-refractivity contribution is 5.64. The fraction of sp³-hybridized carbons (Fsp3) is 0.278. The molecule has 0 bridgehead atoms. The molecule has 0 aliphatic carbocycles. The van der Waals surface area contributed by atoms with Gasteiger partial charge in [0.05, 0.1) is 10.9 Å². The number of aliphatic hydroxyl groups is 1. The molecule has 0 fully saturated rings. The number of rotatable bonds is 1. The summed E-state index contributed by atoms with van der Waals surface area (Å²) in [7, 11) is 0. The van der Waals surface area contributed by atoms with Crippen LogP contribution in [0.3, 0.4) is 0 Å². The Morgan fingerprint density at radius 1 is 1.17 bits per heavy atom. The van der Waals surface area contributed by atoms with E-state index in [4.69, 9.17) is 0 Å². The molecule has 2 heterocycles. The van der Waals surface area contributed by atoms with Crippen LogP contribution < -0.4 is 10.8 Å². The molecule has 0 amide bonds. The van der Waals surface area contributed by atoms with Crippen molar-refractivity contribution in [3.8, 4) is 11.3 Å². The van der Waals surface area contributed by atoms with Crippen molar-refractivity contribution in [1.82, 2.24) is 14.6 Å². The number of hydrogen-bond acceptors (Lipinski definition) is 4. The van der Waals surface area contributed by atoms with Gasteiger partial charge in [0.1, 0.15) is 5.76 Å². The van der Waals surface area contributed by atoms with Crippen molar-refractivity contribution in [1.29, 1.82) is 0 Å². The summed E-state index contributed by atoms with van der Waals surface area (Å²) in [6, 6.07) is 9.90. The van der Waals surface area contributed by atoms with E-state index in [0.717, 1.165) is 5.56 Å². The SMILES string of the molecule is CC(O)=c1cnc2cc(-c3ccc(C(C)(C)C)cc3)nn2c1=O. The zero-order valence-electron chi connectivity index (χ0n) is 13.7. The topological polar surface area (TPSA) is 67.5 Å². The maximum absolute atomic E-state index is 12.3. The summed E-state index contributed by atoms with van der Waals surface area (Å²) in [5.74, 6) is -0.0593. The van der Waals surface area contributed by atoms with E-state index in [9.17, 15) is 9.90 Å². The smallest absolute Gasteiger partial charge is 0.285 e. The number of hydrogen-bond donors (Lipinski definition) is 1. The third kappa shape index (κ3) is 2.70. The summed E-state index contributed by atoms with van der Waals surface area (Å²) in [6.45, 7) is 7.95. The second-order valence-corrected chi connectivity index (χ2v) is 6.69. The summed E-state index contributed by atoms with van der Waals surface area (Å²) in [5.41, 5.74) is 3.03. The number of benzene rings is 1. The molecular formula is C18H19N3O2. The Labute approximate surface area is 133 Å². The summed E-state index contributed by atoms with van der Waals surface area (Å²) in [6.07, 6.45) is 1.38. The van der Waals surface area contributed by atoms with Crippen molar-refractivity contribution in [3.05, 3.63) is 57.7 Å². The Morgan fingerprint density at radius 3 is 2.39 bits per heavy atom. The molecule has 118 valence electrons. The van der Waals surface area contributed by atoms with E-state index in [1.165, 1.54) is 23.2 Å². The predicted molar refractivity (Wildman–Crippen MR) is 90.3 cm³/mol. The van der Waals surface area contributed by atoms with Gasteiger partial charge in [-0.15, -0.1) is 0 Å². The highest BCUT2D eigenvalue weighted by atomic mass is 16.3. The van der Waals surface area contributed by atoms with Gasteiger partial charge in [0, 0.05) is 17.8 Å². The van der Waals surface area contributed by atoms with Crippen molar-refractivity contribution < 1.29 is 5.11 Å². The molecule has 0 aliphatic rings. The van der Waals surface area contributed by atoms with E-state index in [0.29, 0.717) is 11.3 Å². The average molecular weight is 309 g/mol. The molecule has 0 radical (unpaired) electrons. The van der Waals surface area contributed by atoms with Crippen LogP contribution in [0.1, 0.15) is 33.3 Å². The van der Waals surface area contributed by atoms with Crippen LogP contribution in [-0.2, 0) is 5.41 Å². The van der Waals surface area contributed by atoms with Gasteiger partial charge in [-0.1, -0.05) is 45.0 Å². The molecule has 2 aromatic heterocycles. The maximum atomic E-state index is 12.3. The molecule has 0 saturated heterocycles. The molecular weight excluding hydrogens is 290 g/mol. The normalized spacial score (nSPS) is 13.4. The Morgan fingerprint density at radius 2 is 1.83 bits per heavy atom. The Hall–Kier alpha value is -2.69. The van der Waals surface area contributed by atoms with Crippen LogP contribution in [0, 0.1) is 0 Å². The fourth-order valence-electron chi connectivity index (χ4n) is 2.44. The van der Waals surface area contributed by atoms with Crippen LogP contribution >= 0.6 is 0 Å². The first-order valence-electron chi connectivity index (χ1n) is 7.47. The fourth-order valence-corrected chi connectivity index (χ4v) is 2.44. The first-order valence-corrected chi connectivity index (χ1v) is 7.47. The predicted octanol–water partition coefficient (Wildman–Crippen LogP) is 2.46. The molecule has 3 aromatic rings. The van der Waals surface area contributed by atoms with Crippen LogP contribution in [0.4, 0.5) is 0 Å². The van der Waals surface area contributed by atoms with Gasteiger partial charge in [0.15, 0.2) is 5.65 Å². The van der Waals surface area contributed by atoms with Gasteiger partial charge >= 0.3 is 0 Å². The lowest BCUT2D eigenvalue weighted by Crippen LogP contribution is -2.33. The zero-order valence-corrected chi connectivity index (χ0v) is 13.7. The zero-order chi connectivity index (χ0) is 16.8. The largest absolute Gasteiger partial charge is 0.512 e. The minimum Gasteiger partial charge on any atom is -0.512 e. The van der Waals surface area contributed by atoms with Crippen molar-refractivity contribution in [3.63, 3.8) is 0 Å². The van der Waals surface area contributed by atoms with E-state index in [2.05, 4.69) is 43.0 Å². The molecule has 0 saturated carbocycles. The minimum absolute atomic E-state index is 0.0593. The highest BCUT2D eigenvalue weighted by Gasteiger charge is 2.14. The summed E-state index contributed by atoms with van der Waals surface area (Å²) >= 11 is 0. The van der Waals surface area contributed by atoms with Gasteiger partial charge < -0.3 is 5.11 Å². The molecule has 3 rings (SSSR count). The minimum atomic E-state index is -0.368. The molecule has 0 spiro atoms. The Kier molecular flexibility index (Phi) is 3.43. The van der Waals surface area contributed by atoms with Crippen LogP contribution in [0.5, 0.6) is 0 Å². The quantitative estimate of drug-likeness (QED) is 0.750. The second kappa shape index (κ2) is 5.19. The maximum Gasteiger partial charge on any atom is 0.285 e. The van der Waals surface area contributed by atoms with E-state index in [1.54, 1.807) is 6.07 Å². The molecule has 23 heavy (non-hydrogen) atoms. The van der Waals surface area contributed by atoms with Crippen molar-refractivity contribution >= 4 is 11.4 Å². The van der Waals surface area contributed by atoms with Crippen LogP contribution in [0.15, 0.2) is 41.3 Å². The van der Waals surface area contributed by atoms with E-state index in [1.807, 2.05) is 12.1 Å². The molecule has 5 heteroatoms. The standard InChI is InChI=1S/C18H19N3O2/c1-11(22)14-10-19-16-9-15(20-21(16)17(14)23)12-5-7-13(8-6-12)18(2,3)4/h5-10,22H,1-4H3. The van der Waals surface area contributed by atoms with Gasteiger partial charge in [0.25, 0.3) is 5.56 Å². The third-order valence-corrected chi connectivity index (χ3v) is 3.88. The number of nitrogens with zero attached hydrogens (tertiary/aromatic N) is 3. The molecule has 5 nitrogen and oxygen atoms in total. The van der Waals surface area contributed by atoms with Gasteiger partial charge in [-0.05, 0) is 17.9 Å². The van der Waals surface area contributed by atoms with Crippen molar-refractivity contribution in [2.45, 2.75) is 33.1 Å². The first kappa shape index (κ1) is 15.2. The summed E-state index contributed by atoms with van der Waals surface area (Å²) < 4.78 is 1.22. The lowest BCUT2D eigenvalue weighted by molar-refractivity contribution is 0.497. The van der Waals surface area contributed by atoms with E-state index < -0.39 is 0 Å². The van der Waals surface area contributed by atoms with E-state index >= 15 is 0 Å². The molecule has 1 N–H and O–H groups in total. The Bertz CT molecular complexity index is 976. The summed E-state index contributed by atoms with van der Waals surface area (Å²) in [4.78, 5) is 16.5. The van der Waals surface area contributed by atoms with Gasteiger partial charge in [0.2, 0.25) is 0 Å². The number of aromatic nitrogens is 3. The summed E-state index contributed by atoms with van der Waals surface area (Å²) in [5, 5.41) is 14.0. The van der Waals surface area contributed by atoms with Crippen molar-refractivity contribution in [2.75, 3.05) is 0 Å². The first-order chi connectivity index (χ1) is 10.8. The molecule has 0 atom stereocenters. The van der Waals surface area contributed by atoms with Gasteiger partial charge in [-0.2, -0.15) is 9.61 Å². The van der Waals surface area contributed by atoms with Gasteiger partial charge in [-0.25, -0.2) is 4.98 Å². The molecule has 1 aromatic carbocycles. The third-order valence-electron chi connectivity index (χ3n) is 3.88.